The van der Waals surface area contributed by atoms with E-state index in [9.17, 15) is 0 Å². The Hall–Kier alpha value is -2.29. The Balaban J connectivity index is 2.12. The first kappa shape index (κ1) is 11.5. The van der Waals surface area contributed by atoms with Gasteiger partial charge in [-0.2, -0.15) is 0 Å². The van der Waals surface area contributed by atoms with Gasteiger partial charge in [-0.3, -0.25) is 9.89 Å². The maximum Gasteiger partial charge on any atom is 0.278 e. The molecule has 1 aromatic carbocycles. The van der Waals surface area contributed by atoms with Gasteiger partial charge < -0.3 is 4.40 Å². The van der Waals surface area contributed by atoms with Gasteiger partial charge in [0.05, 0.1) is 12.6 Å². The first-order chi connectivity index (χ1) is 9.74. The van der Waals surface area contributed by atoms with Crippen molar-refractivity contribution >= 4 is 22.1 Å². The van der Waals surface area contributed by atoms with Crippen molar-refractivity contribution in [2.75, 3.05) is 20.1 Å². The number of pyridine rings is 1. The topological polar surface area (TPSA) is 19.4 Å². The molecule has 20 heavy (non-hydrogen) atoms. The van der Waals surface area contributed by atoms with Gasteiger partial charge in [-0.1, -0.05) is 12.1 Å². The monoisotopic (exact) mass is 264 g/mol. The van der Waals surface area contributed by atoms with Crippen molar-refractivity contribution in [2.24, 2.45) is 0 Å². The molecule has 3 heteroatoms. The lowest BCUT2D eigenvalue weighted by atomic mass is 9.99. The summed E-state index contributed by atoms with van der Waals surface area (Å²) in [5, 5.41) is 6.14. The lowest BCUT2D eigenvalue weighted by molar-refractivity contribution is -0.485. The van der Waals surface area contributed by atoms with Crippen LogP contribution in [0.4, 0.5) is 0 Å². The Morgan fingerprint density at radius 2 is 2.15 bits per heavy atom. The summed E-state index contributed by atoms with van der Waals surface area (Å²) in [6.07, 6.45) is 4.31. The van der Waals surface area contributed by atoms with E-state index >= 15 is 0 Å². The number of rotatable bonds is 1. The molecule has 0 saturated carbocycles. The van der Waals surface area contributed by atoms with Crippen LogP contribution in [0.15, 0.2) is 42.7 Å². The number of hydrogen-bond acceptors (Lipinski definition) is 1. The number of nitrogens with one attached hydrogen (secondary N) is 1. The van der Waals surface area contributed by atoms with Gasteiger partial charge in [0.25, 0.3) is 5.84 Å². The fourth-order valence-corrected chi connectivity index (χ4v) is 3.14. The number of nitrogens with zero attached hydrogens (tertiary/aromatic N) is 2. The SMILES string of the molecule is Cc1ccc2cn3cccc3cc2c1C1=[N+](C)CCN1. The van der Waals surface area contributed by atoms with Crippen molar-refractivity contribution < 1.29 is 4.58 Å². The Morgan fingerprint density at radius 3 is 2.95 bits per heavy atom. The van der Waals surface area contributed by atoms with Crippen LogP contribution in [-0.4, -0.2) is 34.9 Å². The van der Waals surface area contributed by atoms with Crippen molar-refractivity contribution in [3.05, 3.63) is 53.9 Å². The summed E-state index contributed by atoms with van der Waals surface area (Å²) in [6, 6.07) is 11.0. The van der Waals surface area contributed by atoms with Crippen LogP contribution in [0.2, 0.25) is 0 Å². The predicted octanol–water partition coefficient (Wildman–Crippen LogP) is 2.39. The Kier molecular flexibility index (Phi) is 2.36. The van der Waals surface area contributed by atoms with Crippen molar-refractivity contribution in [2.45, 2.75) is 6.92 Å². The molecule has 0 aliphatic carbocycles. The first-order valence-corrected chi connectivity index (χ1v) is 7.06. The fourth-order valence-electron chi connectivity index (χ4n) is 3.14. The van der Waals surface area contributed by atoms with Crippen LogP contribution in [-0.2, 0) is 0 Å². The van der Waals surface area contributed by atoms with Gasteiger partial charge in [0, 0.05) is 23.3 Å². The van der Waals surface area contributed by atoms with E-state index in [0.717, 1.165) is 13.1 Å². The molecule has 1 aliphatic rings. The highest BCUT2D eigenvalue weighted by atomic mass is 15.2. The average Bonchev–Trinajstić information content (AvgIpc) is 3.05. The normalized spacial score (nSPS) is 15.3. The van der Waals surface area contributed by atoms with Crippen LogP contribution in [0.5, 0.6) is 0 Å². The van der Waals surface area contributed by atoms with Crippen molar-refractivity contribution in [1.82, 2.24) is 9.72 Å². The standard InChI is InChI=1S/C17H17N3/c1-12-5-6-13-11-20-8-3-4-14(20)10-15(13)16(12)17-18-7-9-19(17)2/h3-6,8,10-11H,7,9H2,1-2H3/p+1. The summed E-state index contributed by atoms with van der Waals surface area (Å²) in [4.78, 5) is 0. The third-order valence-corrected chi connectivity index (χ3v) is 4.23. The van der Waals surface area contributed by atoms with Crippen LogP contribution < -0.4 is 5.32 Å². The van der Waals surface area contributed by atoms with E-state index in [4.69, 9.17) is 0 Å². The summed E-state index contributed by atoms with van der Waals surface area (Å²) in [5.41, 5.74) is 3.90. The third kappa shape index (κ3) is 1.56. The Bertz CT molecular complexity index is 855. The molecular formula is C17H18N3+. The molecule has 3 heterocycles. The molecule has 4 rings (SSSR count). The Morgan fingerprint density at radius 1 is 1.25 bits per heavy atom. The molecule has 3 nitrogen and oxygen atoms in total. The number of amidine groups is 1. The highest BCUT2D eigenvalue weighted by molar-refractivity contribution is 6.09. The first-order valence-electron chi connectivity index (χ1n) is 7.06. The number of hydrogen-bond donors (Lipinski definition) is 1. The number of benzene rings is 1. The van der Waals surface area contributed by atoms with Gasteiger partial charge in [-0.05, 0) is 36.1 Å². The molecule has 0 fully saturated rings. The van der Waals surface area contributed by atoms with Gasteiger partial charge >= 0.3 is 0 Å². The second-order valence-corrected chi connectivity index (χ2v) is 5.57. The lowest BCUT2D eigenvalue weighted by Gasteiger charge is -2.09. The molecule has 1 aliphatic heterocycles. The fraction of sp³-hybridized carbons (Fsp3) is 0.235. The van der Waals surface area contributed by atoms with Gasteiger partial charge in [0.15, 0.2) is 0 Å². The zero-order chi connectivity index (χ0) is 13.7. The molecule has 0 unspecified atom stereocenters. The van der Waals surface area contributed by atoms with Crippen LogP contribution >= 0.6 is 0 Å². The number of likely N-dealkylation sites (N-methyl/N-ethyl adjacent to an activating group) is 1. The van der Waals surface area contributed by atoms with Crippen LogP contribution in [0, 0.1) is 6.92 Å². The largest absolute Gasteiger partial charge is 0.323 e. The van der Waals surface area contributed by atoms with Crippen LogP contribution in [0.3, 0.4) is 0 Å². The maximum atomic E-state index is 3.53. The molecule has 0 radical (unpaired) electrons. The molecule has 0 bridgehead atoms. The van der Waals surface area contributed by atoms with Crippen molar-refractivity contribution in [1.29, 1.82) is 0 Å². The zero-order valence-corrected chi connectivity index (χ0v) is 11.9. The van der Waals surface area contributed by atoms with Crippen molar-refractivity contribution in [3.63, 3.8) is 0 Å². The predicted molar refractivity (Wildman–Crippen MR) is 82.8 cm³/mol. The second-order valence-electron chi connectivity index (χ2n) is 5.57. The van der Waals surface area contributed by atoms with E-state index in [1.54, 1.807) is 0 Å². The van der Waals surface area contributed by atoms with Gasteiger partial charge in [0.1, 0.15) is 13.1 Å². The summed E-state index contributed by atoms with van der Waals surface area (Å²) < 4.78 is 4.49. The van der Waals surface area contributed by atoms with E-state index in [-0.39, 0.29) is 0 Å². The minimum absolute atomic E-state index is 1.02. The summed E-state index contributed by atoms with van der Waals surface area (Å²) in [5.74, 6) is 1.25. The zero-order valence-electron chi connectivity index (χ0n) is 11.9. The molecular weight excluding hydrogens is 246 g/mol. The molecule has 0 saturated heterocycles. The van der Waals surface area contributed by atoms with Gasteiger partial charge in [-0.15, -0.1) is 0 Å². The number of aryl methyl sites for hydroxylation is 1. The third-order valence-electron chi connectivity index (χ3n) is 4.23. The van der Waals surface area contributed by atoms with Crippen LogP contribution in [0.1, 0.15) is 11.1 Å². The average molecular weight is 264 g/mol. The smallest absolute Gasteiger partial charge is 0.278 e. The second kappa shape index (κ2) is 4.10. The Labute approximate surface area is 118 Å². The van der Waals surface area contributed by atoms with E-state index in [1.165, 1.54) is 33.3 Å². The quantitative estimate of drug-likeness (QED) is 0.669. The molecule has 0 spiro atoms. The van der Waals surface area contributed by atoms with E-state index in [0.29, 0.717) is 0 Å². The van der Waals surface area contributed by atoms with Gasteiger partial charge in [0.2, 0.25) is 0 Å². The molecule has 1 N–H and O–H groups in total. The highest BCUT2D eigenvalue weighted by Crippen LogP contribution is 2.25. The molecule has 0 amide bonds. The molecule has 3 aromatic rings. The minimum atomic E-state index is 1.02. The molecule has 100 valence electrons. The molecule has 2 aromatic heterocycles. The molecule has 0 atom stereocenters. The summed E-state index contributed by atoms with van der Waals surface area (Å²) >= 11 is 0. The summed E-state index contributed by atoms with van der Waals surface area (Å²) in [6.45, 7) is 4.28. The lowest BCUT2D eigenvalue weighted by Crippen LogP contribution is -2.24. The van der Waals surface area contributed by atoms with E-state index < -0.39 is 0 Å². The number of fused-ring (bicyclic) bond motifs is 2. The van der Waals surface area contributed by atoms with E-state index in [2.05, 4.69) is 71.0 Å². The summed E-state index contributed by atoms with van der Waals surface area (Å²) in [7, 11) is 2.16. The van der Waals surface area contributed by atoms with Crippen LogP contribution in [0.25, 0.3) is 16.3 Å². The van der Waals surface area contributed by atoms with E-state index in [1.807, 2.05) is 0 Å². The maximum absolute atomic E-state index is 3.53. The minimum Gasteiger partial charge on any atom is -0.323 e. The highest BCUT2D eigenvalue weighted by Gasteiger charge is 2.23. The van der Waals surface area contributed by atoms with Crippen molar-refractivity contribution in [3.8, 4) is 0 Å². The van der Waals surface area contributed by atoms with Gasteiger partial charge in [-0.25, -0.2) is 0 Å². The number of aromatic nitrogens is 1.